The summed E-state index contributed by atoms with van der Waals surface area (Å²) in [5.41, 5.74) is 4.95. The van der Waals surface area contributed by atoms with Gasteiger partial charge in [0.05, 0.1) is 2.88 Å². The molecule has 1 unspecified atom stereocenters. The van der Waals surface area contributed by atoms with Gasteiger partial charge in [0.1, 0.15) is 6.10 Å². The molecule has 0 spiro atoms. The molecule has 94 valence electrons. The minimum absolute atomic E-state index is 0.475. The minimum Gasteiger partial charge on any atom is -0.384 e. The van der Waals surface area contributed by atoms with E-state index in [1.54, 1.807) is 11.3 Å². The number of benzene rings is 1. The number of aryl methyl sites for hydroxylation is 2. The number of thiophene rings is 1. The van der Waals surface area contributed by atoms with Crippen LogP contribution in [0.1, 0.15) is 41.2 Å². The monoisotopic (exact) mass is 370 g/mol. The number of rotatable bonds is 2. The van der Waals surface area contributed by atoms with Crippen molar-refractivity contribution in [3.8, 4) is 0 Å². The van der Waals surface area contributed by atoms with Crippen LogP contribution in [0.2, 0.25) is 0 Å². The van der Waals surface area contributed by atoms with Crippen LogP contribution in [-0.4, -0.2) is 5.11 Å². The molecule has 2 aromatic rings. The molecule has 18 heavy (non-hydrogen) atoms. The molecule has 1 aromatic carbocycles. The second-order valence-corrected chi connectivity index (χ2v) is 7.63. The van der Waals surface area contributed by atoms with E-state index in [0.29, 0.717) is 0 Å². The number of fused-ring (bicyclic) bond motifs is 1. The van der Waals surface area contributed by atoms with Gasteiger partial charge in [-0.15, -0.1) is 11.3 Å². The Morgan fingerprint density at radius 1 is 1.06 bits per heavy atom. The SMILES string of the molecule is OC(c1csc(I)c1)c1ccc2c(c1)CCCC2. The van der Waals surface area contributed by atoms with Gasteiger partial charge in [-0.1, -0.05) is 18.2 Å². The maximum absolute atomic E-state index is 10.4. The average molecular weight is 370 g/mol. The first kappa shape index (κ1) is 12.6. The number of hydrogen-bond acceptors (Lipinski definition) is 2. The number of halogens is 1. The Kier molecular flexibility index (Phi) is 3.73. The fourth-order valence-corrected chi connectivity index (χ4v) is 3.97. The van der Waals surface area contributed by atoms with Gasteiger partial charge in [0.15, 0.2) is 0 Å². The lowest BCUT2D eigenvalue weighted by Crippen LogP contribution is -2.05. The molecule has 0 aliphatic heterocycles. The van der Waals surface area contributed by atoms with Crippen LogP contribution in [0.25, 0.3) is 0 Å². The van der Waals surface area contributed by atoms with Crippen molar-refractivity contribution in [1.82, 2.24) is 0 Å². The summed E-state index contributed by atoms with van der Waals surface area (Å²) in [6, 6.07) is 8.54. The molecule has 1 aliphatic rings. The summed E-state index contributed by atoms with van der Waals surface area (Å²) in [5, 5.41) is 12.5. The van der Waals surface area contributed by atoms with Crippen LogP contribution in [0, 0.1) is 2.88 Å². The van der Waals surface area contributed by atoms with Crippen molar-refractivity contribution in [3.63, 3.8) is 0 Å². The summed E-state index contributed by atoms with van der Waals surface area (Å²) < 4.78 is 1.22. The second kappa shape index (κ2) is 5.31. The zero-order valence-electron chi connectivity index (χ0n) is 10.0. The predicted molar refractivity (Wildman–Crippen MR) is 84.2 cm³/mol. The van der Waals surface area contributed by atoms with Crippen molar-refractivity contribution in [2.45, 2.75) is 31.8 Å². The highest BCUT2D eigenvalue weighted by atomic mass is 127. The molecule has 3 rings (SSSR count). The molecule has 1 atom stereocenters. The molecule has 0 radical (unpaired) electrons. The quantitative estimate of drug-likeness (QED) is 0.781. The summed E-state index contributed by atoms with van der Waals surface area (Å²) in [7, 11) is 0. The Hall–Kier alpha value is -0.390. The van der Waals surface area contributed by atoms with Gasteiger partial charge < -0.3 is 5.11 Å². The summed E-state index contributed by atoms with van der Waals surface area (Å²) in [5.74, 6) is 0. The second-order valence-electron chi connectivity index (χ2n) is 4.82. The zero-order chi connectivity index (χ0) is 12.5. The Labute approximate surface area is 125 Å². The minimum atomic E-state index is -0.475. The number of aliphatic hydroxyl groups is 1. The first-order valence-corrected chi connectivity index (χ1v) is 8.23. The van der Waals surface area contributed by atoms with Crippen molar-refractivity contribution >= 4 is 33.9 Å². The Bertz CT molecular complexity index is 561. The fraction of sp³-hybridized carbons (Fsp3) is 0.333. The molecule has 0 amide bonds. The normalized spacial score (nSPS) is 16.3. The highest BCUT2D eigenvalue weighted by Gasteiger charge is 2.15. The van der Waals surface area contributed by atoms with Crippen molar-refractivity contribution < 1.29 is 5.11 Å². The maximum atomic E-state index is 10.4. The third-order valence-electron chi connectivity index (χ3n) is 3.59. The first-order chi connectivity index (χ1) is 8.74. The van der Waals surface area contributed by atoms with E-state index in [1.807, 2.05) is 5.38 Å². The predicted octanol–water partition coefficient (Wildman–Crippen LogP) is 4.31. The summed E-state index contributed by atoms with van der Waals surface area (Å²) >= 11 is 3.98. The van der Waals surface area contributed by atoms with E-state index in [0.717, 1.165) is 17.5 Å². The molecule has 1 aliphatic carbocycles. The smallest absolute Gasteiger partial charge is 0.105 e. The van der Waals surface area contributed by atoms with E-state index >= 15 is 0 Å². The molecule has 0 saturated heterocycles. The molecule has 0 saturated carbocycles. The van der Waals surface area contributed by atoms with Crippen molar-refractivity contribution in [2.75, 3.05) is 0 Å². The van der Waals surface area contributed by atoms with Crippen LogP contribution in [0.5, 0.6) is 0 Å². The molecule has 0 fully saturated rings. The van der Waals surface area contributed by atoms with Crippen LogP contribution in [0.4, 0.5) is 0 Å². The molecule has 1 heterocycles. The van der Waals surface area contributed by atoms with Gasteiger partial charge in [0.25, 0.3) is 0 Å². The number of aliphatic hydroxyl groups excluding tert-OH is 1. The summed E-state index contributed by atoms with van der Waals surface area (Å²) in [6.07, 6.45) is 4.47. The third kappa shape index (κ3) is 2.49. The van der Waals surface area contributed by atoms with E-state index in [4.69, 9.17) is 0 Å². The van der Waals surface area contributed by atoms with E-state index in [9.17, 15) is 5.11 Å². The van der Waals surface area contributed by atoms with E-state index in [-0.39, 0.29) is 0 Å². The highest BCUT2D eigenvalue weighted by Crippen LogP contribution is 2.30. The Morgan fingerprint density at radius 3 is 2.56 bits per heavy atom. The maximum Gasteiger partial charge on any atom is 0.105 e. The zero-order valence-corrected chi connectivity index (χ0v) is 13.0. The van der Waals surface area contributed by atoms with Gasteiger partial charge in [-0.3, -0.25) is 0 Å². The largest absolute Gasteiger partial charge is 0.384 e. The third-order valence-corrected chi connectivity index (χ3v) is 5.40. The number of hydrogen-bond donors (Lipinski definition) is 1. The molecular formula is C15H15IOS. The fourth-order valence-electron chi connectivity index (χ4n) is 2.58. The van der Waals surface area contributed by atoms with Crippen LogP contribution in [-0.2, 0) is 12.8 Å². The molecule has 3 heteroatoms. The van der Waals surface area contributed by atoms with Gasteiger partial charge in [0.2, 0.25) is 0 Å². The lowest BCUT2D eigenvalue weighted by atomic mass is 9.89. The average Bonchev–Trinajstić information content (AvgIpc) is 2.84. The van der Waals surface area contributed by atoms with Gasteiger partial charge in [-0.05, 0) is 82.0 Å². The van der Waals surface area contributed by atoms with E-state index in [1.165, 1.54) is 33.3 Å². The molecule has 1 N–H and O–H groups in total. The Balaban J connectivity index is 1.92. The van der Waals surface area contributed by atoms with Gasteiger partial charge in [-0.25, -0.2) is 0 Å². The van der Waals surface area contributed by atoms with Crippen LogP contribution < -0.4 is 0 Å². The Morgan fingerprint density at radius 2 is 1.83 bits per heavy atom. The van der Waals surface area contributed by atoms with E-state index < -0.39 is 6.10 Å². The van der Waals surface area contributed by atoms with Crippen molar-refractivity contribution in [1.29, 1.82) is 0 Å². The lowest BCUT2D eigenvalue weighted by Gasteiger charge is -2.18. The summed E-state index contributed by atoms with van der Waals surface area (Å²) in [4.78, 5) is 0. The van der Waals surface area contributed by atoms with Crippen molar-refractivity contribution in [2.24, 2.45) is 0 Å². The van der Waals surface area contributed by atoms with E-state index in [2.05, 4.69) is 46.9 Å². The van der Waals surface area contributed by atoms with Crippen molar-refractivity contribution in [3.05, 3.63) is 54.8 Å². The van der Waals surface area contributed by atoms with Gasteiger partial charge in [-0.2, -0.15) is 0 Å². The van der Waals surface area contributed by atoms with Crippen LogP contribution >= 0.6 is 33.9 Å². The highest BCUT2D eigenvalue weighted by molar-refractivity contribution is 14.1. The molecule has 1 aromatic heterocycles. The molecule has 0 bridgehead atoms. The standard InChI is InChI=1S/C15H15IOS/c16-14-8-13(9-18-14)15(17)12-6-5-10-3-1-2-4-11(10)7-12/h5-9,15,17H,1-4H2. The topological polar surface area (TPSA) is 20.2 Å². The van der Waals surface area contributed by atoms with Gasteiger partial charge in [0, 0.05) is 0 Å². The summed E-state index contributed by atoms with van der Waals surface area (Å²) in [6.45, 7) is 0. The lowest BCUT2D eigenvalue weighted by molar-refractivity contribution is 0.220. The first-order valence-electron chi connectivity index (χ1n) is 6.28. The molecular weight excluding hydrogens is 355 g/mol. The molecule has 1 nitrogen and oxygen atoms in total. The van der Waals surface area contributed by atoms with Crippen LogP contribution in [0.15, 0.2) is 29.6 Å². The van der Waals surface area contributed by atoms with Crippen LogP contribution in [0.3, 0.4) is 0 Å². The van der Waals surface area contributed by atoms with Gasteiger partial charge >= 0.3 is 0 Å².